The van der Waals surface area contributed by atoms with Gasteiger partial charge < -0.3 is 14.2 Å². The number of hydrogen-bond donors (Lipinski definition) is 0. The summed E-state index contributed by atoms with van der Waals surface area (Å²) in [6, 6.07) is 12.1. The first kappa shape index (κ1) is 15.0. The lowest BCUT2D eigenvalue weighted by molar-refractivity contribution is -0.131. The minimum absolute atomic E-state index is 0.141. The molecule has 2 heterocycles. The maximum absolute atomic E-state index is 12.5. The molecule has 0 fully saturated rings. The molecule has 1 aliphatic heterocycles. The fourth-order valence-electron chi connectivity index (χ4n) is 2.84. The van der Waals surface area contributed by atoms with E-state index in [1.165, 1.54) is 5.69 Å². The molecule has 1 aliphatic rings. The van der Waals surface area contributed by atoms with Gasteiger partial charge in [-0.05, 0) is 37.3 Å². The first-order chi connectivity index (χ1) is 10.7. The average Bonchev–Trinajstić information content (AvgIpc) is 3.03. The zero-order chi connectivity index (χ0) is 15.5. The lowest BCUT2D eigenvalue weighted by Crippen LogP contribution is -2.41. The van der Waals surface area contributed by atoms with Crippen LogP contribution in [-0.4, -0.2) is 34.8 Å². The number of hydrogen-bond acceptors (Lipinski definition) is 3. The first-order valence-corrected chi connectivity index (χ1v) is 8.39. The summed E-state index contributed by atoms with van der Waals surface area (Å²) in [6.45, 7) is 3.75. The minimum atomic E-state index is 0.141. The van der Waals surface area contributed by atoms with Gasteiger partial charge in [0.1, 0.15) is 5.75 Å². The number of carbonyl (C=O) groups is 1. The Labute approximate surface area is 135 Å². The number of amides is 1. The van der Waals surface area contributed by atoms with Crippen molar-refractivity contribution in [1.29, 1.82) is 0 Å². The van der Waals surface area contributed by atoms with Gasteiger partial charge in [-0.3, -0.25) is 4.79 Å². The van der Waals surface area contributed by atoms with E-state index < -0.39 is 0 Å². The molecule has 5 heteroatoms. The highest BCUT2D eigenvalue weighted by Gasteiger charge is 2.27. The normalized spacial score (nSPS) is 17.2. The summed E-state index contributed by atoms with van der Waals surface area (Å²) in [6.07, 6.45) is 2.08. The van der Waals surface area contributed by atoms with E-state index in [9.17, 15) is 4.79 Å². The van der Waals surface area contributed by atoms with Crippen molar-refractivity contribution < 1.29 is 9.53 Å². The standard InChI is InChI=1S/C17H20N2O2S/c1-13-16-7-4-8-18(16)9-10-19(13)17(20)12-22-15-6-3-5-14(11-15)21-2/h3-8,11,13H,9-10,12H2,1-2H3/t13-/m1/s1. The van der Waals surface area contributed by atoms with Crippen LogP contribution in [0.4, 0.5) is 0 Å². The van der Waals surface area contributed by atoms with Crippen LogP contribution in [0.2, 0.25) is 0 Å². The lowest BCUT2D eigenvalue weighted by Gasteiger charge is -2.35. The van der Waals surface area contributed by atoms with E-state index in [1.54, 1.807) is 18.9 Å². The van der Waals surface area contributed by atoms with E-state index in [2.05, 4.69) is 23.8 Å². The molecule has 0 aliphatic carbocycles. The van der Waals surface area contributed by atoms with Crippen LogP contribution in [-0.2, 0) is 11.3 Å². The second-order valence-corrected chi connectivity index (χ2v) is 6.41. The summed E-state index contributed by atoms with van der Waals surface area (Å²) >= 11 is 1.56. The van der Waals surface area contributed by atoms with Crippen LogP contribution in [0.1, 0.15) is 18.7 Å². The van der Waals surface area contributed by atoms with Gasteiger partial charge in [0.05, 0.1) is 18.9 Å². The van der Waals surface area contributed by atoms with Gasteiger partial charge in [0.15, 0.2) is 0 Å². The molecule has 1 amide bonds. The number of ether oxygens (including phenoxy) is 1. The van der Waals surface area contributed by atoms with Crippen molar-refractivity contribution >= 4 is 17.7 Å². The Morgan fingerprint density at radius 3 is 3.00 bits per heavy atom. The van der Waals surface area contributed by atoms with Crippen LogP contribution in [0.25, 0.3) is 0 Å². The third kappa shape index (κ3) is 2.99. The van der Waals surface area contributed by atoms with Gasteiger partial charge in [-0.2, -0.15) is 0 Å². The monoisotopic (exact) mass is 316 g/mol. The van der Waals surface area contributed by atoms with Gasteiger partial charge in [-0.1, -0.05) is 6.07 Å². The second kappa shape index (κ2) is 6.48. The first-order valence-electron chi connectivity index (χ1n) is 7.40. The van der Waals surface area contributed by atoms with Gasteiger partial charge in [0.2, 0.25) is 5.91 Å². The summed E-state index contributed by atoms with van der Waals surface area (Å²) in [4.78, 5) is 15.6. The smallest absolute Gasteiger partial charge is 0.233 e. The molecule has 1 aromatic heterocycles. The Morgan fingerprint density at radius 1 is 1.32 bits per heavy atom. The third-order valence-electron chi connectivity index (χ3n) is 4.07. The highest BCUT2D eigenvalue weighted by atomic mass is 32.2. The van der Waals surface area contributed by atoms with Crippen LogP contribution in [0.3, 0.4) is 0 Å². The molecule has 22 heavy (non-hydrogen) atoms. The fourth-order valence-corrected chi connectivity index (χ4v) is 3.67. The summed E-state index contributed by atoms with van der Waals surface area (Å²) in [5, 5.41) is 0. The van der Waals surface area contributed by atoms with E-state index >= 15 is 0 Å². The molecule has 0 N–H and O–H groups in total. The number of rotatable bonds is 4. The van der Waals surface area contributed by atoms with Crippen molar-refractivity contribution in [3.63, 3.8) is 0 Å². The van der Waals surface area contributed by atoms with E-state index in [0.717, 1.165) is 23.7 Å². The van der Waals surface area contributed by atoms with Gasteiger partial charge >= 0.3 is 0 Å². The Bertz CT molecular complexity index is 668. The number of thioether (sulfide) groups is 1. The van der Waals surface area contributed by atoms with E-state index in [4.69, 9.17) is 4.74 Å². The summed E-state index contributed by atoms with van der Waals surface area (Å²) in [5.74, 6) is 1.47. The van der Waals surface area contributed by atoms with E-state index in [0.29, 0.717) is 5.75 Å². The fraction of sp³-hybridized carbons (Fsp3) is 0.353. The largest absolute Gasteiger partial charge is 0.497 e. The van der Waals surface area contributed by atoms with Crippen LogP contribution in [0, 0.1) is 0 Å². The molecule has 4 nitrogen and oxygen atoms in total. The number of fused-ring (bicyclic) bond motifs is 1. The highest BCUT2D eigenvalue weighted by molar-refractivity contribution is 8.00. The van der Waals surface area contributed by atoms with Crippen molar-refractivity contribution in [3.05, 3.63) is 48.3 Å². The highest BCUT2D eigenvalue weighted by Crippen LogP contribution is 2.28. The van der Waals surface area contributed by atoms with Crippen molar-refractivity contribution in [2.75, 3.05) is 19.4 Å². The Balaban J connectivity index is 1.63. The molecule has 1 aromatic carbocycles. The van der Waals surface area contributed by atoms with Crippen molar-refractivity contribution in [2.24, 2.45) is 0 Å². The van der Waals surface area contributed by atoms with Crippen LogP contribution < -0.4 is 4.74 Å². The molecular formula is C17H20N2O2S. The predicted octanol–water partition coefficient (Wildman–Crippen LogP) is 3.19. The van der Waals surface area contributed by atoms with Crippen LogP contribution in [0.15, 0.2) is 47.5 Å². The SMILES string of the molecule is COc1cccc(SCC(=O)N2CCn3cccc3[C@H]2C)c1. The number of nitrogens with zero attached hydrogens (tertiary/aromatic N) is 2. The van der Waals surface area contributed by atoms with Crippen molar-refractivity contribution in [3.8, 4) is 5.75 Å². The molecular weight excluding hydrogens is 296 g/mol. The van der Waals surface area contributed by atoms with Gasteiger partial charge in [0.25, 0.3) is 0 Å². The van der Waals surface area contributed by atoms with Gasteiger partial charge in [0, 0.05) is 29.9 Å². The minimum Gasteiger partial charge on any atom is -0.497 e. The zero-order valence-electron chi connectivity index (χ0n) is 12.9. The molecule has 0 bridgehead atoms. The maximum Gasteiger partial charge on any atom is 0.233 e. The molecule has 3 rings (SSSR count). The second-order valence-electron chi connectivity index (χ2n) is 5.36. The quantitative estimate of drug-likeness (QED) is 0.813. The van der Waals surface area contributed by atoms with Gasteiger partial charge in [-0.25, -0.2) is 0 Å². The molecule has 0 spiro atoms. The molecule has 1 atom stereocenters. The Kier molecular flexibility index (Phi) is 4.43. The van der Waals surface area contributed by atoms with Crippen molar-refractivity contribution in [1.82, 2.24) is 9.47 Å². The van der Waals surface area contributed by atoms with Crippen LogP contribution in [0.5, 0.6) is 5.75 Å². The number of methoxy groups -OCH3 is 1. The number of benzene rings is 1. The molecule has 0 saturated carbocycles. The summed E-state index contributed by atoms with van der Waals surface area (Å²) in [7, 11) is 1.65. The van der Waals surface area contributed by atoms with Crippen molar-refractivity contribution in [2.45, 2.75) is 24.4 Å². The topological polar surface area (TPSA) is 34.5 Å². The number of aromatic nitrogens is 1. The Hall–Kier alpha value is -1.88. The zero-order valence-corrected chi connectivity index (χ0v) is 13.7. The number of carbonyl (C=O) groups excluding carboxylic acids is 1. The Morgan fingerprint density at radius 2 is 2.18 bits per heavy atom. The molecule has 2 aromatic rings. The molecule has 0 unspecified atom stereocenters. The summed E-state index contributed by atoms with van der Waals surface area (Å²) in [5.41, 5.74) is 1.21. The van der Waals surface area contributed by atoms with Crippen LogP contribution >= 0.6 is 11.8 Å². The third-order valence-corrected chi connectivity index (χ3v) is 5.04. The van der Waals surface area contributed by atoms with Gasteiger partial charge in [-0.15, -0.1) is 11.8 Å². The van der Waals surface area contributed by atoms with E-state index in [-0.39, 0.29) is 11.9 Å². The van der Waals surface area contributed by atoms with E-state index in [1.807, 2.05) is 35.2 Å². The maximum atomic E-state index is 12.5. The molecule has 0 radical (unpaired) electrons. The average molecular weight is 316 g/mol. The lowest BCUT2D eigenvalue weighted by atomic mass is 10.1. The molecule has 116 valence electrons. The predicted molar refractivity (Wildman–Crippen MR) is 88.3 cm³/mol. The summed E-state index contributed by atoms with van der Waals surface area (Å²) < 4.78 is 7.44. The molecule has 0 saturated heterocycles.